The zero-order chi connectivity index (χ0) is 18.4. The number of hydrogen-bond donors (Lipinski definition) is 1. The average Bonchev–Trinajstić information content (AvgIpc) is 3.52. The molecule has 1 N–H and O–H groups in total. The molecule has 26 heavy (non-hydrogen) atoms. The maximum Gasteiger partial charge on any atom is 0.232 e. The number of nitrogens with one attached hydrogen (secondary N) is 1. The number of carbonyl (C=O) groups is 2. The number of benzene rings is 1. The number of amides is 2. The molecule has 1 saturated heterocycles. The van der Waals surface area contributed by atoms with Crippen LogP contribution in [0.25, 0.3) is 0 Å². The molecule has 1 aromatic rings. The van der Waals surface area contributed by atoms with E-state index in [0.29, 0.717) is 43.7 Å². The molecule has 142 valence electrons. The molecule has 1 heterocycles. The van der Waals surface area contributed by atoms with Crippen LogP contribution in [0, 0.1) is 5.92 Å². The minimum absolute atomic E-state index is 0.0162. The number of nitrogens with zero attached hydrogens (tertiary/aromatic N) is 1. The fraction of sp³-hybridized carbons (Fsp3) is 0.579. The topological polar surface area (TPSA) is 67.9 Å². The number of thioether (sulfide) groups is 1. The molecule has 2 aliphatic rings. The van der Waals surface area contributed by atoms with Crippen LogP contribution in [-0.4, -0.2) is 61.6 Å². The molecule has 3 rings (SSSR count). The number of hydrogen-bond acceptors (Lipinski definition) is 5. The van der Waals surface area contributed by atoms with E-state index in [2.05, 4.69) is 5.32 Å². The first-order valence-corrected chi connectivity index (χ1v) is 10.2. The van der Waals surface area contributed by atoms with Crippen molar-refractivity contribution in [3.8, 4) is 5.75 Å². The van der Waals surface area contributed by atoms with Gasteiger partial charge in [-0.1, -0.05) is 12.1 Å². The molecule has 1 aliphatic heterocycles. The number of morpholine rings is 1. The minimum Gasteiger partial charge on any atom is -0.497 e. The monoisotopic (exact) mass is 378 g/mol. The molecular formula is C19H26N2O4S. The van der Waals surface area contributed by atoms with Crippen molar-refractivity contribution in [2.45, 2.75) is 18.9 Å². The van der Waals surface area contributed by atoms with Crippen molar-refractivity contribution in [1.82, 2.24) is 10.2 Å². The molecular weight excluding hydrogens is 352 g/mol. The van der Waals surface area contributed by atoms with Crippen LogP contribution in [0.5, 0.6) is 5.75 Å². The normalized spacial score (nSPS) is 18.3. The van der Waals surface area contributed by atoms with Gasteiger partial charge < -0.3 is 19.7 Å². The fourth-order valence-corrected chi connectivity index (χ4v) is 3.79. The lowest BCUT2D eigenvalue weighted by atomic mass is 10.0. The van der Waals surface area contributed by atoms with Crippen molar-refractivity contribution in [3.63, 3.8) is 0 Å². The number of rotatable bonds is 8. The van der Waals surface area contributed by atoms with Gasteiger partial charge in [-0.05, 0) is 36.5 Å². The predicted molar refractivity (Wildman–Crippen MR) is 101 cm³/mol. The molecule has 0 spiro atoms. The van der Waals surface area contributed by atoms with Crippen LogP contribution >= 0.6 is 11.8 Å². The molecule has 0 aromatic heterocycles. The highest BCUT2D eigenvalue weighted by molar-refractivity contribution is 8.00. The van der Waals surface area contributed by atoms with E-state index in [1.807, 2.05) is 24.3 Å². The Balaban J connectivity index is 1.45. The summed E-state index contributed by atoms with van der Waals surface area (Å²) in [5.41, 5.74) is 1.11. The van der Waals surface area contributed by atoms with Gasteiger partial charge in [0.1, 0.15) is 5.75 Å². The van der Waals surface area contributed by atoms with Gasteiger partial charge in [-0.3, -0.25) is 9.59 Å². The molecule has 6 nitrogen and oxygen atoms in total. The van der Waals surface area contributed by atoms with Crippen LogP contribution in [0.4, 0.5) is 0 Å². The zero-order valence-corrected chi connectivity index (χ0v) is 15.9. The first kappa shape index (κ1) is 19.0. The van der Waals surface area contributed by atoms with Crippen molar-refractivity contribution in [3.05, 3.63) is 29.8 Å². The fourth-order valence-electron chi connectivity index (χ4n) is 3.06. The van der Waals surface area contributed by atoms with E-state index >= 15 is 0 Å². The largest absolute Gasteiger partial charge is 0.497 e. The Morgan fingerprint density at radius 1 is 1.23 bits per heavy atom. The summed E-state index contributed by atoms with van der Waals surface area (Å²) < 4.78 is 10.4. The second-order valence-corrected chi connectivity index (χ2v) is 7.63. The predicted octanol–water partition coefficient (Wildman–Crippen LogP) is 1.85. The lowest BCUT2D eigenvalue weighted by Gasteiger charge is -2.26. The molecule has 2 fully saturated rings. The van der Waals surface area contributed by atoms with Crippen LogP contribution in [-0.2, 0) is 14.3 Å². The number of carbonyl (C=O) groups excluding carboxylic acids is 2. The summed E-state index contributed by atoms with van der Waals surface area (Å²) in [6, 6.07) is 7.91. The lowest BCUT2D eigenvalue weighted by molar-refractivity contribution is -0.132. The second-order valence-electron chi connectivity index (χ2n) is 6.64. The van der Waals surface area contributed by atoms with Crippen molar-refractivity contribution < 1.29 is 19.1 Å². The minimum atomic E-state index is -0.0162. The maximum absolute atomic E-state index is 12.3. The quantitative estimate of drug-likeness (QED) is 0.748. The molecule has 0 radical (unpaired) electrons. The van der Waals surface area contributed by atoms with E-state index in [1.54, 1.807) is 12.0 Å². The van der Waals surface area contributed by atoms with E-state index < -0.39 is 0 Å². The molecule has 2 amide bonds. The average molecular weight is 378 g/mol. The van der Waals surface area contributed by atoms with E-state index in [4.69, 9.17) is 9.47 Å². The Bertz CT molecular complexity index is 612. The van der Waals surface area contributed by atoms with Gasteiger partial charge in [0.2, 0.25) is 11.8 Å². The van der Waals surface area contributed by atoms with Gasteiger partial charge in [-0.25, -0.2) is 0 Å². The maximum atomic E-state index is 12.3. The van der Waals surface area contributed by atoms with Crippen molar-refractivity contribution >= 4 is 23.6 Å². The highest BCUT2D eigenvalue weighted by Crippen LogP contribution is 2.41. The lowest BCUT2D eigenvalue weighted by Crippen LogP contribution is -2.41. The van der Waals surface area contributed by atoms with Crippen molar-refractivity contribution in [2.75, 3.05) is 44.9 Å². The SMILES string of the molecule is COc1ccc(C(NC(=O)CSCC(=O)N2CCOCC2)C2CC2)cc1. The third-order valence-corrected chi connectivity index (χ3v) is 5.62. The highest BCUT2D eigenvalue weighted by Gasteiger charge is 2.33. The first-order chi connectivity index (χ1) is 12.7. The second kappa shape index (κ2) is 9.28. The van der Waals surface area contributed by atoms with Crippen LogP contribution in [0.1, 0.15) is 24.4 Å². The third-order valence-electron chi connectivity index (χ3n) is 4.71. The molecule has 1 aliphatic carbocycles. The van der Waals surface area contributed by atoms with Gasteiger partial charge in [-0.2, -0.15) is 0 Å². The standard InChI is InChI=1S/C19H26N2O4S/c1-24-16-6-4-15(5-7-16)19(14-2-3-14)20-17(22)12-26-13-18(23)21-8-10-25-11-9-21/h4-7,14,19H,2-3,8-13H2,1H3,(H,20,22). The summed E-state index contributed by atoms with van der Waals surface area (Å²) in [5.74, 6) is 2.02. The van der Waals surface area contributed by atoms with Gasteiger partial charge in [0, 0.05) is 13.1 Å². The van der Waals surface area contributed by atoms with Crippen LogP contribution in [0.3, 0.4) is 0 Å². The van der Waals surface area contributed by atoms with Gasteiger partial charge in [0.25, 0.3) is 0 Å². The zero-order valence-electron chi connectivity index (χ0n) is 15.1. The number of methoxy groups -OCH3 is 1. The molecule has 7 heteroatoms. The van der Waals surface area contributed by atoms with Crippen molar-refractivity contribution in [1.29, 1.82) is 0 Å². The Labute approximate surface area is 158 Å². The molecule has 1 unspecified atom stereocenters. The van der Waals surface area contributed by atoms with E-state index in [1.165, 1.54) is 11.8 Å². The van der Waals surface area contributed by atoms with Crippen LogP contribution in [0.15, 0.2) is 24.3 Å². The van der Waals surface area contributed by atoms with E-state index in [9.17, 15) is 9.59 Å². The van der Waals surface area contributed by atoms with Crippen LogP contribution < -0.4 is 10.1 Å². The molecule has 1 aromatic carbocycles. The van der Waals surface area contributed by atoms with Crippen molar-refractivity contribution in [2.24, 2.45) is 5.92 Å². The summed E-state index contributed by atoms with van der Waals surface area (Å²) in [4.78, 5) is 26.3. The molecule has 0 bridgehead atoms. The third kappa shape index (κ3) is 5.38. The summed E-state index contributed by atoms with van der Waals surface area (Å²) in [6.45, 7) is 2.49. The van der Waals surface area contributed by atoms with Crippen LogP contribution in [0.2, 0.25) is 0 Å². The smallest absolute Gasteiger partial charge is 0.232 e. The summed E-state index contributed by atoms with van der Waals surface area (Å²) in [5, 5.41) is 3.14. The van der Waals surface area contributed by atoms with E-state index in [0.717, 1.165) is 24.2 Å². The van der Waals surface area contributed by atoms with E-state index in [-0.39, 0.29) is 17.9 Å². The summed E-state index contributed by atoms with van der Waals surface area (Å²) in [6.07, 6.45) is 2.28. The highest BCUT2D eigenvalue weighted by atomic mass is 32.2. The molecule has 1 saturated carbocycles. The Morgan fingerprint density at radius 3 is 2.54 bits per heavy atom. The van der Waals surface area contributed by atoms with Gasteiger partial charge in [0.05, 0.1) is 37.9 Å². The van der Waals surface area contributed by atoms with Gasteiger partial charge in [-0.15, -0.1) is 11.8 Å². The summed E-state index contributed by atoms with van der Waals surface area (Å²) in [7, 11) is 1.64. The van der Waals surface area contributed by atoms with Gasteiger partial charge >= 0.3 is 0 Å². The number of ether oxygens (including phenoxy) is 2. The first-order valence-electron chi connectivity index (χ1n) is 9.04. The summed E-state index contributed by atoms with van der Waals surface area (Å²) >= 11 is 1.37. The Hall–Kier alpha value is -1.73. The van der Waals surface area contributed by atoms with Gasteiger partial charge in [0.15, 0.2) is 0 Å². The molecule has 1 atom stereocenters. The Morgan fingerprint density at radius 2 is 1.92 bits per heavy atom. The Kier molecular flexibility index (Phi) is 6.80.